The number of nitrogens with one attached hydrogen (secondary N) is 1. The maximum atomic E-state index is 10.8. The summed E-state index contributed by atoms with van der Waals surface area (Å²) in [6, 6.07) is 0. The van der Waals surface area contributed by atoms with Crippen LogP contribution >= 0.6 is 11.3 Å². The summed E-state index contributed by atoms with van der Waals surface area (Å²) in [4.78, 5) is 16.6. The molecule has 0 aliphatic heterocycles. The Morgan fingerprint density at radius 2 is 2.22 bits per heavy atom. The van der Waals surface area contributed by atoms with Crippen LogP contribution in [-0.2, 0) is 17.6 Å². The minimum atomic E-state index is -0.346. The van der Waals surface area contributed by atoms with E-state index in [2.05, 4.69) is 17.2 Å². The highest BCUT2D eigenvalue weighted by Gasteiger charge is 2.01. The quantitative estimate of drug-likeness (QED) is 0.738. The Morgan fingerprint density at radius 1 is 1.39 bits per heavy atom. The Bertz CT molecular complexity index is 353. The number of carbonyl (C=O) groups is 1. The fourth-order valence-electron chi connectivity index (χ4n) is 1.61. The number of amides is 1. The summed E-state index contributed by atoms with van der Waals surface area (Å²) in [5.74, 6) is 0. The van der Waals surface area contributed by atoms with Crippen molar-refractivity contribution in [3.8, 4) is 0 Å². The van der Waals surface area contributed by atoms with Crippen LogP contribution in [-0.4, -0.2) is 24.7 Å². The zero-order chi connectivity index (χ0) is 13.2. The van der Waals surface area contributed by atoms with Crippen LogP contribution in [0.3, 0.4) is 0 Å². The number of thiazole rings is 1. The van der Waals surface area contributed by atoms with E-state index in [9.17, 15) is 4.79 Å². The molecule has 0 radical (unpaired) electrons. The lowest BCUT2D eigenvalue weighted by molar-refractivity contribution is 0.146. The lowest BCUT2D eigenvalue weighted by Crippen LogP contribution is -2.19. The minimum absolute atomic E-state index is 0.346. The number of hydrogen-bond acceptors (Lipinski definition) is 4. The van der Waals surface area contributed by atoms with Gasteiger partial charge in [0.15, 0.2) is 0 Å². The van der Waals surface area contributed by atoms with E-state index in [0.29, 0.717) is 6.61 Å². The highest BCUT2D eigenvalue weighted by molar-refractivity contribution is 7.11. The van der Waals surface area contributed by atoms with Crippen LogP contribution in [0.4, 0.5) is 4.79 Å². The summed E-state index contributed by atoms with van der Waals surface area (Å²) < 4.78 is 4.92. The lowest BCUT2D eigenvalue weighted by Gasteiger charge is -2.02. The highest BCUT2D eigenvalue weighted by Crippen LogP contribution is 2.17. The Hall–Kier alpha value is -1.10. The van der Waals surface area contributed by atoms with E-state index >= 15 is 0 Å². The molecule has 0 saturated heterocycles. The first kappa shape index (κ1) is 15.0. The minimum Gasteiger partial charge on any atom is -0.450 e. The van der Waals surface area contributed by atoms with Crippen LogP contribution in [0.5, 0.6) is 0 Å². The molecule has 1 aromatic heterocycles. The molecule has 18 heavy (non-hydrogen) atoms. The van der Waals surface area contributed by atoms with Crippen molar-refractivity contribution in [2.75, 3.05) is 13.7 Å². The molecule has 0 saturated carbocycles. The molecule has 0 aliphatic rings. The summed E-state index contributed by atoms with van der Waals surface area (Å²) in [6.45, 7) is 2.68. The molecular formula is C13H22N2O2S. The molecule has 4 nitrogen and oxygen atoms in total. The summed E-state index contributed by atoms with van der Waals surface area (Å²) in [5, 5.41) is 3.67. The van der Waals surface area contributed by atoms with Gasteiger partial charge in [-0.2, -0.15) is 0 Å². The molecule has 0 aromatic carbocycles. The molecule has 0 fully saturated rings. The van der Waals surface area contributed by atoms with E-state index in [1.807, 2.05) is 17.5 Å². The van der Waals surface area contributed by atoms with Crippen LogP contribution in [0.25, 0.3) is 0 Å². The molecule has 0 bridgehead atoms. The second-order valence-electron chi connectivity index (χ2n) is 4.17. The van der Waals surface area contributed by atoms with Gasteiger partial charge < -0.3 is 10.1 Å². The molecule has 0 spiro atoms. The van der Waals surface area contributed by atoms with E-state index in [1.165, 1.54) is 9.88 Å². The summed E-state index contributed by atoms with van der Waals surface area (Å²) in [6.07, 6.45) is 8.12. The van der Waals surface area contributed by atoms with Crippen molar-refractivity contribution in [2.24, 2.45) is 0 Å². The standard InChI is InChI=1S/C13H22N2O2S/c1-3-7-12-15-10-11(18-12)8-5-4-6-9-17-13(16)14-2/h10H,3-9H2,1-2H3,(H,14,16). The zero-order valence-corrected chi connectivity index (χ0v) is 12.0. The van der Waals surface area contributed by atoms with E-state index in [1.54, 1.807) is 7.05 Å². The third-order valence-electron chi connectivity index (χ3n) is 2.57. The van der Waals surface area contributed by atoms with Crippen molar-refractivity contribution < 1.29 is 9.53 Å². The molecule has 1 rings (SSSR count). The number of aryl methyl sites for hydroxylation is 2. The Balaban J connectivity index is 2.05. The molecule has 5 heteroatoms. The van der Waals surface area contributed by atoms with Crippen molar-refractivity contribution >= 4 is 17.4 Å². The van der Waals surface area contributed by atoms with Gasteiger partial charge in [-0.3, -0.25) is 0 Å². The average Bonchev–Trinajstić information content (AvgIpc) is 2.81. The highest BCUT2D eigenvalue weighted by atomic mass is 32.1. The van der Waals surface area contributed by atoms with Crippen LogP contribution < -0.4 is 5.32 Å². The Labute approximate surface area is 113 Å². The van der Waals surface area contributed by atoms with Gasteiger partial charge in [0, 0.05) is 18.1 Å². The maximum absolute atomic E-state index is 10.8. The predicted molar refractivity (Wildman–Crippen MR) is 74.1 cm³/mol. The van der Waals surface area contributed by atoms with Gasteiger partial charge in [-0.25, -0.2) is 9.78 Å². The topological polar surface area (TPSA) is 51.2 Å². The van der Waals surface area contributed by atoms with E-state index in [0.717, 1.165) is 38.5 Å². The molecule has 1 N–H and O–H groups in total. The van der Waals surface area contributed by atoms with Crippen molar-refractivity contribution in [1.29, 1.82) is 0 Å². The van der Waals surface area contributed by atoms with E-state index in [4.69, 9.17) is 4.74 Å². The summed E-state index contributed by atoms with van der Waals surface area (Å²) in [5.41, 5.74) is 0. The SMILES string of the molecule is CCCc1ncc(CCCCCOC(=O)NC)s1. The van der Waals surface area contributed by atoms with Gasteiger partial charge in [-0.05, 0) is 38.5 Å². The third kappa shape index (κ3) is 6.00. The van der Waals surface area contributed by atoms with Gasteiger partial charge in [-0.15, -0.1) is 11.3 Å². The van der Waals surface area contributed by atoms with Crippen LogP contribution in [0.2, 0.25) is 0 Å². The van der Waals surface area contributed by atoms with Crippen molar-refractivity contribution in [2.45, 2.75) is 45.4 Å². The number of ether oxygens (including phenoxy) is 1. The number of carbonyl (C=O) groups excluding carboxylic acids is 1. The Kier molecular flexibility index (Phi) is 7.41. The van der Waals surface area contributed by atoms with Crippen molar-refractivity contribution in [3.05, 3.63) is 16.1 Å². The van der Waals surface area contributed by atoms with Gasteiger partial charge in [0.05, 0.1) is 11.6 Å². The maximum Gasteiger partial charge on any atom is 0.406 e. The molecule has 1 aromatic rings. The molecular weight excluding hydrogens is 248 g/mol. The molecule has 0 atom stereocenters. The molecule has 102 valence electrons. The molecule has 1 heterocycles. The average molecular weight is 270 g/mol. The van der Waals surface area contributed by atoms with Gasteiger partial charge in [0.25, 0.3) is 0 Å². The number of hydrogen-bond donors (Lipinski definition) is 1. The first-order chi connectivity index (χ1) is 8.76. The first-order valence-electron chi connectivity index (χ1n) is 6.54. The fraction of sp³-hybridized carbons (Fsp3) is 0.692. The van der Waals surface area contributed by atoms with Gasteiger partial charge in [-0.1, -0.05) is 6.92 Å². The van der Waals surface area contributed by atoms with E-state index in [-0.39, 0.29) is 6.09 Å². The monoisotopic (exact) mass is 270 g/mol. The van der Waals surface area contributed by atoms with E-state index < -0.39 is 0 Å². The largest absolute Gasteiger partial charge is 0.450 e. The summed E-state index contributed by atoms with van der Waals surface area (Å²) in [7, 11) is 1.57. The normalized spacial score (nSPS) is 10.3. The van der Waals surface area contributed by atoms with Gasteiger partial charge >= 0.3 is 6.09 Å². The second-order valence-corrected chi connectivity index (χ2v) is 5.37. The first-order valence-corrected chi connectivity index (χ1v) is 7.36. The zero-order valence-electron chi connectivity index (χ0n) is 11.2. The molecule has 0 unspecified atom stereocenters. The lowest BCUT2D eigenvalue weighted by atomic mass is 10.2. The Morgan fingerprint density at radius 3 is 2.94 bits per heavy atom. The fourth-order valence-corrected chi connectivity index (χ4v) is 2.67. The van der Waals surface area contributed by atoms with Crippen molar-refractivity contribution in [1.82, 2.24) is 10.3 Å². The number of rotatable bonds is 8. The predicted octanol–water partition coefficient (Wildman–Crippen LogP) is 3.16. The van der Waals surface area contributed by atoms with Crippen LogP contribution in [0, 0.1) is 0 Å². The van der Waals surface area contributed by atoms with Crippen LogP contribution in [0.15, 0.2) is 6.20 Å². The smallest absolute Gasteiger partial charge is 0.406 e. The second kappa shape index (κ2) is 8.91. The third-order valence-corrected chi connectivity index (χ3v) is 3.69. The number of unbranched alkanes of at least 4 members (excludes halogenated alkanes) is 2. The summed E-state index contributed by atoms with van der Waals surface area (Å²) >= 11 is 1.82. The number of nitrogens with zero attached hydrogens (tertiary/aromatic N) is 1. The number of alkyl carbamates (subject to hydrolysis) is 1. The van der Waals surface area contributed by atoms with Crippen LogP contribution in [0.1, 0.15) is 42.5 Å². The van der Waals surface area contributed by atoms with Gasteiger partial charge in [0.1, 0.15) is 0 Å². The number of aromatic nitrogens is 1. The molecule has 0 aliphatic carbocycles. The molecule has 1 amide bonds. The van der Waals surface area contributed by atoms with Gasteiger partial charge in [0.2, 0.25) is 0 Å². The van der Waals surface area contributed by atoms with Crippen molar-refractivity contribution in [3.63, 3.8) is 0 Å².